The molecule has 0 aromatic carbocycles. The Labute approximate surface area is 129 Å². The Kier molecular flexibility index (Phi) is 4.67. The molecule has 0 radical (unpaired) electrons. The summed E-state index contributed by atoms with van der Waals surface area (Å²) in [5, 5.41) is 6.36. The maximum absolute atomic E-state index is 12.9. The smallest absolute Gasteiger partial charge is 0.274 e. The van der Waals surface area contributed by atoms with Crippen LogP contribution in [-0.2, 0) is 13.1 Å². The second-order valence-electron chi connectivity index (χ2n) is 5.27. The minimum atomic E-state index is -0.0571. The molecule has 0 aliphatic carbocycles. The van der Waals surface area contributed by atoms with E-state index in [-0.39, 0.29) is 11.9 Å². The first-order valence-corrected chi connectivity index (χ1v) is 7.99. The van der Waals surface area contributed by atoms with E-state index in [0.29, 0.717) is 30.2 Å². The minimum absolute atomic E-state index is 0.0571. The summed E-state index contributed by atoms with van der Waals surface area (Å²) in [6.07, 6.45) is 0. The van der Waals surface area contributed by atoms with E-state index in [2.05, 4.69) is 5.10 Å². The number of aromatic nitrogens is 2. The van der Waals surface area contributed by atoms with Gasteiger partial charge in [-0.2, -0.15) is 5.10 Å². The van der Waals surface area contributed by atoms with E-state index in [4.69, 9.17) is 5.73 Å². The fraction of sp³-hybridized carbons (Fsp3) is 0.467. The number of carbonyl (C=O) groups excluding carboxylic acids is 1. The molecule has 2 aromatic heterocycles. The van der Waals surface area contributed by atoms with Crippen molar-refractivity contribution in [2.45, 2.75) is 46.8 Å². The van der Waals surface area contributed by atoms with Gasteiger partial charge in [0, 0.05) is 17.5 Å². The second-order valence-corrected chi connectivity index (χ2v) is 6.30. The van der Waals surface area contributed by atoms with Crippen LogP contribution in [0.1, 0.15) is 41.8 Å². The molecule has 2 aromatic rings. The fourth-order valence-electron chi connectivity index (χ4n) is 2.25. The fourth-order valence-corrected chi connectivity index (χ4v) is 2.95. The first-order valence-electron chi connectivity index (χ1n) is 7.11. The van der Waals surface area contributed by atoms with Crippen molar-refractivity contribution in [1.29, 1.82) is 0 Å². The van der Waals surface area contributed by atoms with Gasteiger partial charge < -0.3 is 10.6 Å². The SMILES string of the molecule is CCn1nc(C)c(N)c1C(=O)N(Cc1cccs1)C(C)C. The molecule has 6 heteroatoms. The molecule has 0 unspecified atom stereocenters. The van der Waals surface area contributed by atoms with Gasteiger partial charge in [-0.15, -0.1) is 11.3 Å². The van der Waals surface area contributed by atoms with Crippen LogP contribution in [-0.4, -0.2) is 26.6 Å². The Hall–Kier alpha value is -1.82. The lowest BCUT2D eigenvalue weighted by molar-refractivity contribution is 0.0681. The van der Waals surface area contributed by atoms with Crippen LogP contribution in [0.15, 0.2) is 17.5 Å². The molecule has 21 heavy (non-hydrogen) atoms. The molecule has 114 valence electrons. The number of nitrogens with two attached hydrogens (primary N) is 1. The van der Waals surface area contributed by atoms with Gasteiger partial charge in [0.1, 0.15) is 5.69 Å². The average Bonchev–Trinajstić information content (AvgIpc) is 3.04. The number of nitrogens with zero attached hydrogens (tertiary/aromatic N) is 3. The van der Waals surface area contributed by atoms with E-state index in [1.807, 2.05) is 50.1 Å². The Balaban J connectivity index is 2.35. The topological polar surface area (TPSA) is 64.2 Å². The molecule has 5 nitrogen and oxygen atoms in total. The molecule has 0 atom stereocenters. The predicted molar refractivity (Wildman–Crippen MR) is 86.4 cm³/mol. The van der Waals surface area contributed by atoms with Crippen LogP contribution in [0, 0.1) is 6.92 Å². The van der Waals surface area contributed by atoms with Crippen LogP contribution in [0.25, 0.3) is 0 Å². The van der Waals surface area contributed by atoms with Gasteiger partial charge in [-0.05, 0) is 39.1 Å². The van der Waals surface area contributed by atoms with Crippen LogP contribution >= 0.6 is 11.3 Å². The van der Waals surface area contributed by atoms with Crippen molar-refractivity contribution < 1.29 is 4.79 Å². The lowest BCUT2D eigenvalue weighted by Crippen LogP contribution is -2.37. The highest BCUT2D eigenvalue weighted by molar-refractivity contribution is 7.09. The van der Waals surface area contributed by atoms with E-state index in [1.165, 1.54) is 0 Å². The molecule has 0 aliphatic heterocycles. The highest BCUT2D eigenvalue weighted by Crippen LogP contribution is 2.22. The lowest BCUT2D eigenvalue weighted by Gasteiger charge is -2.26. The Morgan fingerprint density at radius 1 is 1.52 bits per heavy atom. The van der Waals surface area contributed by atoms with Crippen LogP contribution in [0.3, 0.4) is 0 Å². The molecule has 2 heterocycles. The predicted octanol–water partition coefficient (Wildman–Crippen LogP) is 2.91. The summed E-state index contributed by atoms with van der Waals surface area (Å²) in [4.78, 5) is 15.9. The van der Waals surface area contributed by atoms with Gasteiger partial charge in [-0.3, -0.25) is 9.48 Å². The number of thiophene rings is 1. The number of aryl methyl sites for hydroxylation is 2. The van der Waals surface area contributed by atoms with Crippen molar-refractivity contribution in [3.8, 4) is 0 Å². The van der Waals surface area contributed by atoms with Gasteiger partial charge in [0.05, 0.1) is 17.9 Å². The van der Waals surface area contributed by atoms with Crippen molar-refractivity contribution >= 4 is 22.9 Å². The summed E-state index contributed by atoms with van der Waals surface area (Å²) >= 11 is 1.65. The normalized spacial score (nSPS) is 11.1. The molecule has 0 fully saturated rings. The number of rotatable bonds is 5. The van der Waals surface area contributed by atoms with Crippen LogP contribution in [0.4, 0.5) is 5.69 Å². The molecule has 2 N–H and O–H groups in total. The number of anilines is 1. The minimum Gasteiger partial charge on any atom is -0.395 e. The van der Waals surface area contributed by atoms with Gasteiger partial charge in [-0.25, -0.2) is 0 Å². The summed E-state index contributed by atoms with van der Waals surface area (Å²) in [7, 11) is 0. The lowest BCUT2D eigenvalue weighted by atomic mass is 10.2. The quantitative estimate of drug-likeness (QED) is 0.923. The number of carbonyl (C=O) groups is 1. The maximum atomic E-state index is 12.9. The molecule has 0 saturated heterocycles. The summed E-state index contributed by atoms with van der Waals surface area (Å²) in [6.45, 7) is 9.05. The van der Waals surface area contributed by atoms with E-state index in [1.54, 1.807) is 16.0 Å². The summed E-state index contributed by atoms with van der Waals surface area (Å²) in [6, 6.07) is 4.14. The zero-order chi connectivity index (χ0) is 15.6. The van der Waals surface area contributed by atoms with Crippen LogP contribution in [0.2, 0.25) is 0 Å². The van der Waals surface area contributed by atoms with E-state index in [9.17, 15) is 4.79 Å². The molecule has 0 bridgehead atoms. The van der Waals surface area contributed by atoms with Crippen LogP contribution in [0.5, 0.6) is 0 Å². The zero-order valence-corrected chi connectivity index (χ0v) is 13.8. The molecule has 2 rings (SSSR count). The van der Waals surface area contributed by atoms with Gasteiger partial charge in [0.15, 0.2) is 0 Å². The molecular weight excluding hydrogens is 284 g/mol. The standard InChI is InChI=1S/C15H22N4OS/c1-5-19-14(13(16)11(4)17-19)15(20)18(10(2)3)9-12-7-6-8-21-12/h6-8,10H,5,9,16H2,1-4H3. The van der Waals surface area contributed by atoms with Crippen molar-refractivity contribution in [3.05, 3.63) is 33.8 Å². The molecule has 0 aliphatic rings. The molecule has 0 saturated carbocycles. The van der Waals surface area contributed by atoms with Crippen molar-refractivity contribution in [3.63, 3.8) is 0 Å². The third-order valence-electron chi connectivity index (χ3n) is 3.47. The number of amides is 1. The Morgan fingerprint density at radius 2 is 2.24 bits per heavy atom. The average molecular weight is 306 g/mol. The van der Waals surface area contributed by atoms with Crippen molar-refractivity contribution in [1.82, 2.24) is 14.7 Å². The van der Waals surface area contributed by atoms with E-state index < -0.39 is 0 Å². The first-order chi connectivity index (χ1) is 9.95. The zero-order valence-electron chi connectivity index (χ0n) is 13.0. The molecule has 0 spiro atoms. The van der Waals surface area contributed by atoms with Crippen molar-refractivity contribution in [2.75, 3.05) is 5.73 Å². The van der Waals surface area contributed by atoms with Crippen molar-refractivity contribution in [2.24, 2.45) is 0 Å². The monoisotopic (exact) mass is 306 g/mol. The molecule has 1 amide bonds. The van der Waals surface area contributed by atoms with Gasteiger partial charge >= 0.3 is 0 Å². The Morgan fingerprint density at radius 3 is 2.76 bits per heavy atom. The highest BCUT2D eigenvalue weighted by Gasteiger charge is 2.26. The maximum Gasteiger partial charge on any atom is 0.274 e. The third-order valence-corrected chi connectivity index (χ3v) is 4.33. The largest absolute Gasteiger partial charge is 0.395 e. The van der Waals surface area contributed by atoms with E-state index >= 15 is 0 Å². The van der Waals surface area contributed by atoms with E-state index in [0.717, 1.165) is 4.88 Å². The van der Waals surface area contributed by atoms with Gasteiger partial charge in [-0.1, -0.05) is 6.07 Å². The first kappa shape index (κ1) is 15.6. The second kappa shape index (κ2) is 6.30. The van der Waals surface area contributed by atoms with Gasteiger partial charge in [0.25, 0.3) is 5.91 Å². The summed E-state index contributed by atoms with van der Waals surface area (Å²) in [5.74, 6) is -0.0571. The summed E-state index contributed by atoms with van der Waals surface area (Å²) < 4.78 is 1.69. The Bertz CT molecular complexity index is 616. The van der Waals surface area contributed by atoms with Crippen LogP contribution < -0.4 is 5.73 Å². The number of hydrogen-bond donors (Lipinski definition) is 1. The van der Waals surface area contributed by atoms with Gasteiger partial charge in [0.2, 0.25) is 0 Å². The highest BCUT2D eigenvalue weighted by atomic mass is 32.1. The summed E-state index contributed by atoms with van der Waals surface area (Å²) in [5.41, 5.74) is 7.76. The molecular formula is C15H22N4OS. The number of hydrogen-bond acceptors (Lipinski definition) is 4. The number of nitrogen functional groups attached to an aromatic ring is 1. The third kappa shape index (κ3) is 3.10.